The summed E-state index contributed by atoms with van der Waals surface area (Å²) in [5.74, 6) is 2.63. The zero-order valence-electron chi connectivity index (χ0n) is 12.8. The largest absolute Gasteiger partial charge is 0.143 e. The molecule has 0 amide bonds. The number of benzene rings is 1. The van der Waals surface area contributed by atoms with Crippen LogP contribution in [0.15, 0.2) is 30.3 Å². The highest BCUT2D eigenvalue weighted by molar-refractivity contribution is 8.20. The lowest BCUT2D eigenvalue weighted by atomic mass is 10.2. The second-order valence-electron chi connectivity index (χ2n) is 6.91. The summed E-state index contributed by atoms with van der Waals surface area (Å²) >= 11 is 4.44. The van der Waals surface area contributed by atoms with E-state index in [1.54, 1.807) is 5.56 Å². The molecular weight excluding hydrogens is 284 g/mol. The molecule has 0 nitrogen and oxygen atoms in total. The van der Waals surface area contributed by atoms with Crippen molar-refractivity contribution in [3.63, 3.8) is 0 Å². The van der Waals surface area contributed by atoms with Gasteiger partial charge in [0.05, 0.1) is 11.8 Å². The first-order valence-corrected chi connectivity index (χ1v) is 12.1. The maximum atomic E-state index is 2.59. The van der Waals surface area contributed by atoms with Crippen LogP contribution in [-0.4, -0.2) is 19.6 Å². The van der Waals surface area contributed by atoms with Crippen molar-refractivity contribution in [2.75, 3.05) is 11.5 Å². The minimum Gasteiger partial charge on any atom is -0.143 e. The van der Waals surface area contributed by atoms with Crippen molar-refractivity contribution < 1.29 is 0 Å². The zero-order chi connectivity index (χ0) is 14.1. The molecule has 0 saturated carbocycles. The first-order chi connectivity index (χ1) is 8.81. The van der Waals surface area contributed by atoms with Gasteiger partial charge in [0.1, 0.15) is 0 Å². The van der Waals surface area contributed by atoms with E-state index in [0.717, 1.165) is 0 Å². The molecule has 0 atom stereocenters. The molecule has 3 heteroatoms. The van der Waals surface area contributed by atoms with Crippen LogP contribution >= 0.6 is 23.5 Å². The van der Waals surface area contributed by atoms with Crippen molar-refractivity contribution in [2.45, 2.75) is 49.0 Å². The lowest BCUT2D eigenvalue weighted by Gasteiger charge is -2.53. The van der Waals surface area contributed by atoms with E-state index in [9.17, 15) is 0 Å². The van der Waals surface area contributed by atoms with Crippen LogP contribution in [-0.2, 0) is 3.70 Å². The SMILES string of the molecule is CC(C)(C)[Si](C)(C)C1(c2ccccc2)SCCCS1. The normalized spacial score (nSPS) is 20.3. The Bertz CT molecular complexity index is 414. The molecule has 1 saturated heterocycles. The van der Waals surface area contributed by atoms with Gasteiger partial charge in [0.15, 0.2) is 0 Å². The average molecular weight is 311 g/mol. The van der Waals surface area contributed by atoms with Gasteiger partial charge >= 0.3 is 0 Å². The van der Waals surface area contributed by atoms with Gasteiger partial charge in [0.2, 0.25) is 0 Å². The Balaban J connectivity index is 2.53. The first-order valence-electron chi connectivity index (χ1n) is 7.15. The molecule has 1 aromatic carbocycles. The number of thioether (sulfide) groups is 2. The lowest BCUT2D eigenvalue weighted by Crippen LogP contribution is -2.54. The molecule has 0 bridgehead atoms. The molecule has 0 spiro atoms. The number of hydrogen-bond acceptors (Lipinski definition) is 2. The minimum atomic E-state index is -1.47. The van der Waals surface area contributed by atoms with Crippen LogP contribution < -0.4 is 0 Å². The molecule has 106 valence electrons. The molecule has 0 N–H and O–H groups in total. The van der Waals surface area contributed by atoms with E-state index in [1.165, 1.54) is 17.9 Å². The summed E-state index contributed by atoms with van der Waals surface area (Å²) in [7, 11) is -1.47. The summed E-state index contributed by atoms with van der Waals surface area (Å²) in [6.45, 7) is 12.5. The van der Waals surface area contributed by atoms with Crippen LogP contribution in [0.1, 0.15) is 32.8 Å². The highest BCUT2D eigenvalue weighted by Crippen LogP contribution is 2.61. The van der Waals surface area contributed by atoms with Gasteiger partial charge in [-0.3, -0.25) is 0 Å². The predicted molar refractivity (Wildman–Crippen MR) is 94.9 cm³/mol. The third kappa shape index (κ3) is 2.66. The van der Waals surface area contributed by atoms with Gasteiger partial charge in [-0.05, 0) is 28.5 Å². The Morgan fingerprint density at radius 2 is 1.53 bits per heavy atom. The summed E-state index contributed by atoms with van der Waals surface area (Å²) in [6.07, 6.45) is 1.36. The second-order valence-corrected chi connectivity index (χ2v) is 16.0. The molecule has 1 aromatic rings. The van der Waals surface area contributed by atoms with Gasteiger partial charge in [0.25, 0.3) is 0 Å². The van der Waals surface area contributed by atoms with Crippen molar-refractivity contribution in [1.29, 1.82) is 0 Å². The van der Waals surface area contributed by atoms with E-state index in [2.05, 4.69) is 87.7 Å². The fraction of sp³-hybridized carbons (Fsp3) is 0.625. The Hall–Kier alpha value is 0.137. The molecule has 0 aliphatic carbocycles. The molecule has 2 rings (SSSR count). The minimum absolute atomic E-state index is 0.324. The number of rotatable bonds is 2. The predicted octanol–water partition coefficient (Wildman–Crippen LogP) is 5.76. The Morgan fingerprint density at radius 1 is 1.00 bits per heavy atom. The summed E-state index contributed by atoms with van der Waals surface area (Å²) in [5.41, 5.74) is 1.55. The molecular formula is C16H26S2Si. The first kappa shape index (κ1) is 15.5. The molecule has 1 aliphatic rings. The highest BCUT2D eigenvalue weighted by atomic mass is 32.2. The van der Waals surface area contributed by atoms with Crippen molar-refractivity contribution in [2.24, 2.45) is 0 Å². The average Bonchev–Trinajstić information content (AvgIpc) is 2.39. The quantitative estimate of drug-likeness (QED) is 0.637. The lowest BCUT2D eigenvalue weighted by molar-refractivity contribution is 0.706. The Kier molecular flexibility index (Phi) is 4.49. The smallest absolute Gasteiger partial charge is 0.0892 e. The van der Waals surface area contributed by atoms with E-state index in [4.69, 9.17) is 0 Å². The van der Waals surface area contributed by atoms with E-state index in [1.807, 2.05) is 0 Å². The van der Waals surface area contributed by atoms with Crippen molar-refractivity contribution in [3.8, 4) is 0 Å². The standard InChI is InChI=1S/C16H26S2Si/c1-15(2,3)19(4,5)16(17-12-9-13-18-16)14-10-7-6-8-11-14/h6-8,10-11H,9,12-13H2,1-5H3. The molecule has 19 heavy (non-hydrogen) atoms. The van der Waals surface area contributed by atoms with Crippen molar-refractivity contribution in [3.05, 3.63) is 35.9 Å². The van der Waals surface area contributed by atoms with E-state index >= 15 is 0 Å². The summed E-state index contributed by atoms with van der Waals surface area (Å²) < 4.78 is 0.324. The van der Waals surface area contributed by atoms with Crippen LogP contribution in [0.4, 0.5) is 0 Å². The third-order valence-corrected chi connectivity index (χ3v) is 17.3. The molecule has 1 heterocycles. The highest BCUT2D eigenvalue weighted by Gasteiger charge is 2.55. The van der Waals surface area contributed by atoms with Gasteiger partial charge in [-0.25, -0.2) is 0 Å². The van der Waals surface area contributed by atoms with Crippen LogP contribution in [0, 0.1) is 0 Å². The zero-order valence-corrected chi connectivity index (χ0v) is 15.5. The second kappa shape index (κ2) is 5.49. The van der Waals surface area contributed by atoms with Crippen LogP contribution in [0.25, 0.3) is 0 Å². The summed E-state index contributed by atoms with van der Waals surface area (Å²) in [4.78, 5) is 0. The maximum absolute atomic E-state index is 2.59. The van der Waals surface area contributed by atoms with Crippen molar-refractivity contribution >= 4 is 31.6 Å². The molecule has 0 radical (unpaired) electrons. The van der Waals surface area contributed by atoms with Gasteiger partial charge in [-0.1, -0.05) is 64.2 Å². The fourth-order valence-electron chi connectivity index (χ4n) is 2.57. The van der Waals surface area contributed by atoms with Crippen LogP contribution in [0.3, 0.4) is 0 Å². The van der Waals surface area contributed by atoms with E-state index < -0.39 is 8.07 Å². The Morgan fingerprint density at radius 3 is 2.00 bits per heavy atom. The summed E-state index contributed by atoms with van der Waals surface area (Å²) in [5, 5.41) is 0.417. The molecule has 1 fully saturated rings. The third-order valence-electron chi connectivity index (χ3n) is 4.75. The van der Waals surface area contributed by atoms with Crippen LogP contribution in [0.5, 0.6) is 0 Å². The van der Waals surface area contributed by atoms with Gasteiger partial charge < -0.3 is 0 Å². The summed E-state index contributed by atoms with van der Waals surface area (Å²) in [6, 6.07) is 11.3. The van der Waals surface area contributed by atoms with Gasteiger partial charge in [0, 0.05) is 0 Å². The molecule has 0 unspecified atom stereocenters. The van der Waals surface area contributed by atoms with E-state index in [0.29, 0.717) is 8.74 Å². The van der Waals surface area contributed by atoms with E-state index in [-0.39, 0.29) is 0 Å². The topological polar surface area (TPSA) is 0 Å². The fourth-order valence-corrected chi connectivity index (χ4v) is 12.6. The molecule has 1 aliphatic heterocycles. The maximum Gasteiger partial charge on any atom is 0.0892 e. The Labute approximate surface area is 128 Å². The molecule has 0 aromatic heterocycles. The van der Waals surface area contributed by atoms with Gasteiger partial charge in [-0.15, -0.1) is 23.5 Å². The van der Waals surface area contributed by atoms with Gasteiger partial charge in [-0.2, -0.15) is 0 Å². The van der Waals surface area contributed by atoms with Crippen LogP contribution in [0.2, 0.25) is 18.1 Å². The van der Waals surface area contributed by atoms with Crippen molar-refractivity contribution in [1.82, 2.24) is 0 Å². The monoisotopic (exact) mass is 310 g/mol. The number of hydrogen-bond donors (Lipinski definition) is 0.